The highest BCUT2D eigenvalue weighted by molar-refractivity contribution is 4.84. The number of hydrogen-bond acceptors (Lipinski definition) is 0. The summed E-state index contributed by atoms with van der Waals surface area (Å²) in [5, 5.41) is 13.7. The number of hydrogen-bond donors (Lipinski definition) is 0. The van der Waals surface area contributed by atoms with Gasteiger partial charge in [0.1, 0.15) is 5.60 Å². The lowest BCUT2D eigenvalue weighted by molar-refractivity contribution is -0.0914. The molecule has 1 unspecified atom stereocenters. The SMILES string of the molecule is CCCCCCCCC(C)C([O])(CCCCCCCC)CCCCCCCC. The molecule has 1 heteroatoms. The molecular weight excluding hydrogens is 340 g/mol. The van der Waals surface area contributed by atoms with Crippen molar-refractivity contribution in [3.63, 3.8) is 0 Å². The van der Waals surface area contributed by atoms with Gasteiger partial charge in [-0.05, 0) is 25.2 Å². The van der Waals surface area contributed by atoms with Crippen LogP contribution in [0.2, 0.25) is 0 Å². The predicted octanol–water partition coefficient (Wildman–Crippen LogP) is 10.0. The van der Waals surface area contributed by atoms with E-state index in [1.807, 2.05) is 0 Å². The Morgan fingerprint density at radius 3 is 1.21 bits per heavy atom. The zero-order chi connectivity index (χ0) is 20.9. The topological polar surface area (TPSA) is 19.9 Å². The van der Waals surface area contributed by atoms with E-state index in [4.69, 9.17) is 0 Å². The van der Waals surface area contributed by atoms with Crippen molar-refractivity contribution in [2.75, 3.05) is 0 Å². The lowest BCUT2D eigenvalue weighted by Crippen LogP contribution is -2.35. The fraction of sp³-hybridized carbons (Fsp3) is 1.00. The molecule has 0 saturated heterocycles. The van der Waals surface area contributed by atoms with E-state index in [1.165, 1.54) is 103 Å². The molecule has 0 aromatic carbocycles. The Kier molecular flexibility index (Phi) is 20.2. The summed E-state index contributed by atoms with van der Waals surface area (Å²) in [6.07, 6.45) is 26.6. The highest BCUT2D eigenvalue weighted by atomic mass is 16.3. The molecule has 0 fully saturated rings. The minimum absolute atomic E-state index is 0.352. The van der Waals surface area contributed by atoms with Gasteiger partial charge in [-0.3, -0.25) is 0 Å². The van der Waals surface area contributed by atoms with Crippen LogP contribution in [-0.4, -0.2) is 5.60 Å². The quantitative estimate of drug-likeness (QED) is 0.162. The number of rotatable bonds is 22. The second kappa shape index (κ2) is 20.2. The van der Waals surface area contributed by atoms with Crippen LogP contribution in [0.4, 0.5) is 0 Å². The van der Waals surface area contributed by atoms with E-state index >= 15 is 0 Å². The predicted molar refractivity (Wildman–Crippen MR) is 127 cm³/mol. The maximum atomic E-state index is 13.7. The van der Waals surface area contributed by atoms with Gasteiger partial charge in [-0.25, -0.2) is 5.11 Å². The fourth-order valence-corrected chi connectivity index (χ4v) is 4.52. The van der Waals surface area contributed by atoms with Gasteiger partial charge >= 0.3 is 0 Å². The minimum Gasteiger partial charge on any atom is -0.229 e. The molecule has 0 rings (SSSR count). The van der Waals surface area contributed by atoms with E-state index in [1.54, 1.807) is 0 Å². The average molecular weight is 396 g/mol. The van der Waals surface area contributed by atoms with Crippen LogP contribution >= 0.6 is 0 Å². The van der Waals surface area contributed by atoms with Gasteiger partial charge in [-0.1, -0.05) is 143 Å². The molecule has 169 valence electrons. The van der Waals surface area contributed by atoms with Crippen LogP contribution in [0.25, 0.3) is 0 Å². The van der Waals surface area contributed by atoms with Gasteiger partial charge < -0.3 is 0 Å². The standard InChI is InChI=1S/C27H55O/c1-5-8-11-14-17-20-23-26(4)27(28,24-21-18-15-12-9-6-2)25-22-19-16-13-10-7-3/h26H,5-25H2,1-4H3. The van der Waals surface area contributed by atoms with E-state index in [2.05, 4.69) is 27.7 Å². The van der Waals surface area contributed by atoms with Gasteiger partial charge in [0.05, 0.1) is 0 Å². The average Bonchev–Trinajstić information content (AvgIpc) is 2.69. The third-order valence-corrected chi connectivity index (χ3v) is 6.80. The Hall–Kier alpha value is -0.0400. The van der Waals surface area contributed by atoms with Crippen LogP contribution in [0.1, 0.15) is 163 Å². The zero-order valence-electron chi connectivity index (χ0n) is 20.3. The van der Waals surface area contributed by atoms with E-state index in [0.29, 0.717) is 5.92 Å². The highest BCUT2D eigenvalue weighted by Crippen LogP contribution is 2.34. The number of unbranched alkanes of at least 4 members (excludes halogenated alkanes) is 15. The van der Waals surface area contributed by atoms with Crippen LogP contribution in [0.3, 0.4) is 0 Å². The smallest absolute Gasteiger partial charge is 0.106 e. The molecule has 0 aliphatic heterocycles. The summed E-state index contributed by atoms with van der Waals surface area (Å²) in [4.78, 5) is 0. The first kappa shape index (κ1) is 28.0. The van der Waals surface area contributed by atoms with Gasteiger partial charge in [0.2, 0.25) is 0 Å². The van der Waals surface area contributed by atoms with Crippen LogP contribution < -0.4 is 0 Å². The molecule has 0 aliphatic rings. The Labute approximate surface area is 179 Å². The van der Waals surface area contributed by atoms with Crippen molar-refractivity contribution >= 4 is 0 Å². The summed E-state index contributed by atoms with van der Waals surface area (Å²) in [6.45, 7) is 9.09. The maximum Gasteiger partial charge on any atom is 0.106 e. The summed E-state index contributed by atoms with van der Waals surface area (Å²) in [5.41, 5.74) is -0.654. The second-order valence-electron chi connectivity index (χ2n) is 9.56. The van der Waals surface area contributed by atoms with E-state index in [-0.39, 0.29) is 0 Å². The first-order valence-electron chi connectivity index (χ1n) is 13.3. The zero-order valence-corrected chi connectivity index (χ0v) is 20.3. The van der Waals surface area contributed by atoms with E-state index < -0.39 is 5.60 Å². The Balaban J connectivity index is 4.26. The van der Waals surface area contributed by atoms with Gasteiger partial charge in [0.25, 0.3) is 0 Å². The van der Waals surface area contributed by atoms with Crippen LogP contribution in [-0.2, 0) is 5.11 Å². The molecule has 0 aromatic rings. The summed E-state index contributed by atoms with van der Waals surface area (Å²) in [7, 11) is 0. The maximum absolute atomic E-state index is 13.7. The molecule has 0 saturated carbocycles. The van der Waals surface area contributed by atoms with Crippen molar-refractivity contribution in [3.05, 3.63) is 0 Å². The molecule has 0 spiro atoms. The normalized spacial score (nSPS) is 13.2. The van der Waals surface area contributed by atoms with Crippen molar-refractivity contribution in [2.24, 2.45) is 5.92 Å². The van der Waals surface area contributed by atoms with Crippen molar-refractivity contribution in [3.8, 4) is 0 Å². The molecule has 1 nitrogen and oxygen atoms in total. The molecule has 0 N–H and O–H groups in total. The monoisotopic (exact) mass is 395 g/mol. The van der Waals surface area contributed by atoms with E-state index in [0.717, 1.165) is 32.1 Å². The molecule has 0 heterocycles. The molecule has 0 amide bonds. The Bertz CT molecular complexity index is 283. The lowest BCUT2D eigenvalue weighted by atomic mass is 9.77. The van der Waals surface area contributed by atoms with Gasteiger partial charge in [0, 0.05) is 0 Å². The molecule has 0 aliphatic carbocycles. The molecule has 1 atom stereocenters. The minimum atomic E-state index is -0.654. The van der Waals surface area contributed by atoms with Crippen molar-refractivity contribution < 1.29 is 5.11 Å². The lowest BCUT2D eigenvalue weighted by Gasteiger charge is -2.32. The summed E-state index contributed by atoms with van der Waals surface area (Å²) >= 11 is 0. The third kappa shape index (κ3) is 15.8. The Morgan fingerprint density at radius 2 is 0.821 bits per heavy atom. The molecule has 0 aromatic heterocycles. The van der Waals surface area contributed by atoms with Crippen molar-refractivity contribution in [1.29, 1.82) is 0 Å². The summed E-state index contributed by atoms with van der Waals surface area (Å²) in [6, 6.07) is 0. The second-order valence-corrected chi connectivity index (χ2v) is 9.56. The highest BCUT2D eigenvalue weighted by Gasteiger charge is 2.34. The first-order chi connectivity index (χ1) is 13.6. The van der Waals surface area contributed by atoms with E-state index in [9.17, 15) is 5.11 Å². The summed E-state index contributed by atoms with van der Waals surface area (Å²) < 4.78 is 0. The van der Waals surface area contributed by atoms with Crippen LogP contribution in [0.5, 0.6) is 0 Å². The fourth-order valence-electron chi connectivity index (χ4n) is 4.52. The van der Waals surface area contributed by atoms with Crippen LogP contribution in [0, 0.1) is 5.92 Å². The molecule has 28 heavy (non-hydrogen) atoms. The molecule has 0 bridgehead atoms. The Morgan fingerprint density at radius 1 is 0.500 bits per heavy atom. The largest absolute Gasteiger partial charge is 0.229 e. The van der Waals surface area contributed by atoms with Crippen molar-refractivity contribution in [2.45, 2.75) is 168 Å². The third-order valence-electron chi connectivity index (χ3n) is 6.80. The summed E-state index contributed by atoms with van der Waals surface area (Å²) in [5.74, 6) is 0.352. The van der Waals surface area contributed by atoms with Crippen LogP contribution in [0.15, 0.2) is 0 Å². The van der Waals surface area contributed by atoms with Gasteiger partial charge in [0.15, 0.2) is 0 Å². The molecular formula is C27H55O. The van der Waals surface area contributed by atoms with Crippen molar-refractivity contribution in [1.82, 2.24) is 0 Å². The molecule has 1 radical (unpaired) electrons. The van der Waals surface area contributed by atoms with Gasteiger partial charge in [-0.2, -0.15) is 0 Å². The van der Waals surface area contributed by atoms with Gasteiger partial charge in [-0.15, -0.1) is 0 Å². The first-order valence-corrected chi connectivity index (χ1v) is 13.3.